The fraction of sp³-hybridized carbons (Fsp3) is 0.294. The van der Waals surface area contributed by atoms with Gasteiger partial charge >= 0.3 is 0 Å². The Hall–Kier alpha value is -2.44. The third-order valence-electron chi connectivity index (χ3n) is 3.20. The Morgan fingerprint density at radius 1 is 0.826 bits per heavy atom. The quantitative estimate of drug-likeness (QED) is 0.439. The summed E-state index contributed by atoms with van der Waals surface area (Å²) in [7, 11) is 0. The second kappa shape index (κ2) is 8.26. The van der Waals surface area contributed by atoms with Crippen molar-refractivity contribution in [2.75, 3.05) is 6.67 Å². The molecule has 120 valence electrons. The maximum Gasteiger partial charge on any atom is 0.178 e. The van der Waals surface area contributed by atoms with Gasteiger partial charge in [0.1, 0.15) is 11.4 Å². The predicted molar refractivity (Wildman–Crippen MR) is 87.0 cm³/mol. The topological polar surface area (TPSA) is 84.0 Å². The van der Waals surface area contributed by atoms with Gasteiger partial charge in [-0.15, -0.1) is 0 Å². The van der Waals surface area contributed by atoms with Gasteiger partial charge in [-0.25, -0.2) is 9.97 Å². The van der Waals surface area contributed by atoms with Crippen LogP contribution in [0.3, 0.4) is 0 Å². The van der Waals surface area contributed by atoms with E-state index in [9.17, 15) is 9.59 Å². The number of nitrogens with zero attached hydrogens (tertiary/aromatic N) is 2. The summed E-state index contributed by atoms with van der Waals surface area (Å²) in [6, 6.07) is 10.8. The van der Waals surface area contributed by atoms with Gasteiger partial charge in [-0.2, -0.15) is 0 Å². The summed E-state index contributed by atoms with van der Waals surface area (Å²) < 4.78 is 0. The monoisotopic (exact) mass is 312 g/mol. The number of rotatable bonds is 8. The number of pyridine rings is 2. The molecule has 0 saturated heterocycles. The molecule has 0 aliphatic carbocycles. The molecule has 2 rings (SSSR count). The smallest absolute Gasteiger partial charge is 0.178 e. The fourth-order valence-electron chi connectivity index (χ4n) is 2.02. The Labute approximate surface area is 135 Å². The summed E-state index contributed by atoms with van der Waals surface area (Å²) >= 11 is 0. The van der Waals surface area contributed by atoms with Gasteiger partial charge in [0.2, 0.25) is 0 Å². The molecular formula is C17H20N4O2. The predicted octanol–water partition coefficient (Wildman–Crippen LogP) is 1.72. The van der Waals surface area contributed by atoms with Gasteiger partial charge in [0.05, 0.1) is 11.4 Å². The highest BCUT2D eigenvalue weighted by molar-refractivity contribution is 5.92. The Kier molecular flexibility index (Phi) is 6.08. The average molecular weight is 312 g/mol. The lowest BCUT2D eigenvalue weighted by molar-refractivity contribution is 0.1000. The molecule has 0 atom stereocenters. The number of hydrogen-bond donors (Lipinski definition) is 2. The van der Waals surface area contributed by atoms with E-state index >= 15 is 0 Å². The zero-order valence-electron chi connectivity index (χ0n) is 13.3. The van der Waals surface area contributed by atoms with Crippen LogP contribution in [0, 0.1) is 0 Å². The van der Waals surface area contributed by atoms with Gasteiger partial charge < -0.3 is 0 Å². The van der Waals surface area contributed by atoms with Crippen LogP contribution in [0.25, 0.3) is 0 Å². The summed E-state index contributed by atoms with van der Waals surface area (Å²) in [6.07, 6.45) is 0. The van der Waals surface area contributed by atoms with Crippen molar-refractivity contribution in [3.8, 4) is 0 Å². The van der Waals surface area contributed by atoms with Crippen LogP contribution in [-0.4, -0.2) is 28.2 Å². The zero-order chi connectivity index (χ0) is 16.7. The molecular weight excluding hydrogens is 292 g/mol. The van der Waals surface area contributed by atoms with E-state index in [2.05, 4.69) is 20.6 Å². The number of hydrogen-bond acceptors (Lipinski definition) is 6. The molecule has 0 aliphatic heterocycles. The summed E-state index contributed by atoms with van der Waals surface area (Å²) in [5.74, 6) is -0.0807. The summed E-state index contributed by atoms with van der Waals surface area (Å²) in [5, 5.41) is 6.39. The first-order valence-corrected chi connectivity index (χ1v) is 7.41. The average Bonchev–Trinajstić information content (AvgIpc) is 2.55. The minimum atomic E-state index is -0.0404. The second-order valence-electron chi connectivity index (χ2n) is 5.17. The number of aromatic nitrogens is 2. The number of Topliss-reactive ketones (excluding diaryl/α,β-unsaturated/α-hetero) is 2. The molecule has 23 heavy (non-hydrogen) atoms. The number of carbonyl (C=O) groups excluding carboxylic acids is 2. The lowest BCUT2D eigenvalue weighted by Gasteiger charge is -2.07. The van der Waals surface area contributed by atoms with Crippen LogP contribution in [0.4, 0.5) is 0 Å². The van der Waals surface area contributed by atoms with E-state index in [1.165, 1.54) is 13.8 Å². The van der Waals surface area contributed by atoms with Crippen molar-refractivity contribution in [1.82, 2.24) is 20.6 Å². The molecule has 2 N–H and O–H groups in total. The third-order valence-corrected chi connectivity index (χ3v) is 3.20. The van der Waals surface area contributed by atoms with E-state index in [0.717, 1.165) is 11.4 Å². The molecule has 6 nitrogen and oxygen atoms in total. The van der Waals surface area contributed by atoms with Crippen molar-refractivity contribution >= 4 is 11.6 Å². The molecule has 0 saturated carbocycles. The first-order valence-electron chi connectivity index (χ1n) is 7.41. The molecule has 0 radical (unpaired) electrons. The van der Waals surface area contributed by atoms with Crippen LogP contribution in [0.15, 0.2) is 36.4 Å². The number of carbonyl (C=O) groups is 2. The maximum atomic E-state index is 11.3. The van der Waals surface area contributed by atoms with Crippen molar-refractivity contribution in [3.63, 3.8) is 0 Å². The van der Waals surface area contributed by atoms with Crippen LogP contribution < -0.4 is 10.6 Å². The zero-order valence-corrected chi connectivity index (χ0v) is 13.3. The van der Waals surface area contributed by atoms with E-state index in [0.29, 0.717) is 31.1 Å². The second-order valence-corrected chi connectivity index (χ2v) is 5.17. The van der Waals surface area contributed by atoms with Crippen molar-refractivity contribution < 1.29 is 9.59 Å². The van der Waals surface area contributed by atoms with Crippen molar-refractivity contribution in [2.45, 2.75) is 26.9 Å². The SMILES string of the molecule is CC(=O)c1cccc(CNCNCc2cccc(C(C)=O)n2)n1. The standard InChI is InChI=1S/C17H20N4O2/c1-12(22)16-7-3-5-14(20-16)9-18-11-19-10-15-6-4-8-17(21-15)13(2)23/h3-8,18-19H,9-11H2,1-2H3. The van der Waals surface area contributed by atoms with Crippen LogP contribution in [0.5, 0.6) is 0 Å². The van der Waals surface area contributed by atoms with Crippen LogP contribution >= 0.6 is 0 Å². The lowest BCUT2D eigenvalue weighted by atomic mass is 10.2. The van der Waals surface area contributed by atoms with E-state index in [4.69, 9.17) is 0 Å². The van der Waals surface area contributed by atoms with Gasteiger partial charge in [0.15, 0.2) is 11.6 Å². The van der Waals surface area contributed by atoms with Crippen molar-refractivity contribution in [2.24, 2.45) is 0 Å². The highest BCUT2D eigenvalue weighted by atomic mass is 16.1. The molecule has 0 aromatic carbocycles. The molecule has 2 heterocycles. The van der Waals surface area contributed by atoms with E-state index in [-0.39, 0.29) is 11.6 Å². The fourth-order valence-corrected chi connectivity index (χ4v) is 2.02. The van der Waals surface area contributed by atoms with Gasteiger partial charge in [-0.3, -0.25) is 20.2 Å². The number of ketones is 2. The van der Waals surface area contributed by atoms with E-state index < -0.39 is 0 Å². The first-order chi connectivity index (χ1) is 11.1. The summed E-state index contributed by atoms with van der Waals surface area (Å²) in [5.41, 5.74) is 2.58. The molecule has 2 aromatic heterocycles. The molecule has 2 aromatic rings. The summed E-state index contributed by atoms with van der Waals surface area (Å²) in [4.78, 5) is 31.1. The minimum absolute atomic E-state index is 0.0404. The van der Waals surface area contributed by atoms with Crippen LogP contribution in [-0.2, 0) is 13.1 Å². The van der Waals surface area contributed by atoms with Crippen molar-refractivity contribution in [3.05, 3.63) is 59.2 Å². The van der Waals surface area contributed by atoms with Gasteiger partial charge in [0, 0.05) is 33.6 Å². The van der Waals surface area contributed by atoms with E-state index in [1.807, 2.05) is 24.3 Å². The third kappa shape index (κ3) is 5.36. The molecule has 0 aliphatic rings. The van der Waals surface area contributed by atoms with Gasteiger partial charge in [-0.05, 0) is 24.3 Å². The Morgan fingerprint density at radius 3 is 1.65 bits per heavy atom. The normalized spacial score (nSPS) is 10.5. The highest BCUT2D eigenvalue weighted by Crippen LogP contribution is 2.01. The molecule has 0 fully saturated rings. The van der Waals surface area contributed by atoms with Crippen LogP contribution in [0.1, 0.15) is 46.2 Å². The molecule has 6 heteroatoms. The van der Waals surface area contributed by atoms with Gasteiger partial charge in [-0.1, -0.05) is 12.1 Å². The summed E-state index contributed by atoms with van der Waals surface area (Å²) in [6.45, 7) is 4.70. The largest absolute Gasteiger partial charge is 0.299 e. The maximum absolute atomic E-state index is 11.3. The van der Waals surface area contributed by atoms with Gasteiger partial charge in [0.25, 0.3) is 0 Å². The molecule has 0 unspecified atom stereocenters. The Bertz CT molecular complexity index is 641. The first kappa shape index (κ1) is 16.9. The molecule has 0 bridgehead atoms. The highest BCUT2D eigenvalue weighted by Gasteiger charge is 2.03. The lowest BCUT2D eigenvalue weighted by Crippen LogP contribution is -2.29. The number of nitrogens with one attached hydrogen (secondary N) is 2. The molecule has 0 amide bonds. The Balaban J connectivity index is 1.76. The van der Waals surface area contributed by atoms with Crippen LogP contribution in [0.2, 0.25) is 0 Å². The minimum Gasteiger partial charge on any atom is -0.299 e. The van der Waals surface area contributed by atoms with E-state index in [1.54, 1.807) is 12.1 Å². The molecule has 0 spiro atoms. The van der Waals surface area contributed by atoms with Crippen molar-refractivity contribution in [1.29, 1.82) is 0 Å². The Morgan fingerprint density at radius 2 is 1.26 bits per heavy atom.